The third-order valence-electron chi connectivity index (χ3n) is 5.20. The number of para-hydroxylation sites is 1. The molecule has 0 spiro atoms. The van der Waals surface area contributed by atoms with Crippen LogP contribution in [0.4, 0.5) is 0 Å². The van der Waals surface area contributed by atoms with E-state index < -0.39 is 0 Å². The van der Waals surface area contributed by atoms with Crippen LogP contribution >= 0.6 is 11.6 Å². The lowest BCUT2D eigenvalue weighted by atomic mass is 10.0. The smallest absolute Gasteiger partial charge is 0.234 e. The van der Waals surface area contributed by atoms with Gasteiger partial charge in [0.05, 0.1) is 0 Å². The number of aryl methyl sites for hydroxylation is 1. The largest absolute Gasteiger partial charge is 0.358 e. The van der Waals surface area contributed by atoms with E-state index in [2.05, 4.69) is 55.3 Å². The van der Waals surface area contributed by atoms with Crippen LogP contribution in [0.5, 0.6) is 0 Å². The average molecular weight is 319 g/mol. The highest BCUT2D eigenvalue weighted by molar-refractivity contribution is 6.27. The zero-order valence-corrected chi connectivity index (χ0v) is 14.1. The van der Waals surface area contributed by atoms with Crippen LogP contribution in [0.3, 0.4) is 0 Å². The lowest BCUT2D eigenvalue weighted by Gasteiger charge is -2.03. The molecule has 0 aliphatic heterocycles. The van der Waals surface area contributed by atoms with E-state index in [9.17, 15) is 4.79 Å². The first-order valence-corrected chi connectivity index (χ1v) is 8.40. The van der Waals surface area contributed by atoms with Gasteiger partial charge in [0.15, 0.2) is 0 Å². The van der Waals surface area contributed by atoms with Gasteiger partial charge in [0.25, 0.3) is 0 Å². The molecule has 2 aromatic rings. The molecule has 4 heteroatoms. The number of carbonyl (C=O) groups excluding carboxylic acids is 1. The number of amides is 1. The Morgan fingerprint density at radius 2 is 2.09 bits per heavy atom. The van der Waals surface area contributed by atoms with Crippen molar-refractivity contribution in [2.75, 3.05) is 12.4 Å². The molecular weight excluding hydrogens is 296 g/mol. The summed E-state index contributed by atoms with van der Waals surface area (Å²) in [6.07, 6.45) is 0.999. The molecule has 118 valence electrons. The zero-order chi connectivity index (χ0) is 15.9. The third kappa shape index (κ3) is 2.52. The number of alkyl halides is 1. The first-order chi connectivity index (χ1) is 10.5. The number of H-pyrrole nitrogens is 1. The van der Waals surface area contributed by atoms with Crippen LogP contribution < -0.4 is 5.32 Å². The highest BCUT2D eigenvalue weighted by Crippen LogP contribution is 2.67. The minimum atomic E-state index is -0.0834. The van der Waals surface area contributed by atoms with Crippen molar-refractivity contribution in [2.24, 2.45) is 11.3 Å². The van der Waals surface area contributed by atoms with Gasteiger partial charge in [-0.2, -0.15) is 0 Å². The Kier molecular flexibility index (Phi) is 3.94. The second-order valence-corrected chi connectivity index (χ2v) is 7.15. The molecule has 1 saturated carbocycles. The van der Waals surface area contributed by atoms with Crippen molar-refractivity contribution < 1.29 is 4.79 Å². The van der Waals surface area contributed by atoms with Crippen molar-refractivity contribution in [3.63, 3.8) is 0 Å². The molecule has 1 amide bonds. The first kappa shape index (κ1) is 15.4. The molecule has 0 radical (unpaired) electrons. The Bertz CT molecular complexity index is 704. The zero-order valence-electron chi connectivity index (χ0n) is 13.4. The predicted molar refractivity (Wildman–Crippen MR) is 91.4 cm³/mol. The monoisotopic (exact) mass is 318 g/mol. The normalized spacial score (nSPS) is 22.7. The fourth-order valence-corrected chi connectivity index (χ4v) is 4.06. The van der Waals surface area contributed by atoms with Crippen LogP contribution in [0.1, 0.15) is 37.4 Å². The molecule has 1 fully saturated rings. The van der Waals surface area contributed by atoms with Gasteiger partial charge in [-0.15, -0.1) is 11.6 Å². The molecule has 1 aromatic heterocycles. The topological polar surface area (TPSA) is 44.9 Å². The van der Waals surface area contributed by atoms with E-state index in [4.69, 9.17) is 11.6 Å². The Morgan fingerprint density at radius 3 is 2.82 bits per heavy atom. The summed E-state index contributed by atoms with van der Waals surface area (Å²) in [5.41, 5.74) is 4.22. The summed E-state index contributed by atoms with van der Waals surface area (Å²) in [4.78, 5) is 14.8. The van der Waals surface area contributed by atoms with E-state index in [1.807, 2.05) is 0 Å². The Hall–Kier alpha value is -1.48. The molecule has 0 unspecified atom stereocenters. The lowest BCUT2D eigenvalue weighted by molar-refractivity contribution is -0.118. The van der Waals surface area contributed by atoms with Crippen molar-refractivity contribution in [3.8, 4) is 0 Å². The van der Waals surface area contributed by atoms with Crippen molar-refractivity contribution in [2.45, 2.75) is 33.1 Å². The molecular formula is C18H23ClN2O. The van der Waals surface area contributed by atoms with Crippen LogP contribution in [0.25, 0.3) is 10.9 Å². The van der Waals surface area contributed by atoms with E-state index in [1.165, 1.54) is 22.2 Å². The van der Waals surface area contributed by atoms with Gasteiger partial charge in [0, 0.05) is 23.1 Å². The summed E-state index contributed by atoms with van der Waals surface area (Å²) in [6.45, 7) is 7.52. The molecule has 0 saturated heterocycles. The highest BCUT2D eigenvalue weighted by atomic mass is 35.5. The lowest BCUT2D eigenvalue weighted by Crippen LogP contribution is -2.25. The van der Waals surface area contributed by atoms with Gasteiger partial charge < -0.3 is 10.3 Å². The highest BCUT2D eigenvalue weighted by Gasteiger charge is 2.58. The van der Waals surface area contributed by atoms with E-state index >= 15 is 0 Å². The Labute approximate surface area is 136 Å². The van der Waals surface area contributed by atoms with Crippen LogP contribution in [0.15, 0.2) is 24.3 Å². The van der Waals surface area contributed by atoms with Crippen molar-refractivity contribution >= 4 is 28.4 Å². The van der Waals surface area contributed by atoms with Crippen LogP contribution in [-0.4, -0.2) is 23.3 Å². The molecule has 1 aliphatic carbocycles. The number of rotatable bonds is 5. The van der Waals surface area contributed by atoms with Crippen LogP contribution in [0, 0.1) is 18.3 Å². The number of aromatic amines is 1. The molecule has 2 N–H and O–H groups in total. The number of halogens is 1. The average Bonchev–Trinajstić information content (AvgIpc) is 2.86. The fourth-order valence-electron chi connectivity index (χ4n) is 3.97. The number of hydrogen-bond acceptors (Lipinski definition) is 1. The van der Waals surface area contributed by atoms with Gasteiger partial charge in [-0.1, -0.05) is 32.0 Å². The van der Waals surface area contributed by atoms with Crippen molar-refractivity contribution in [3.05, 3.63) is 35.5 Å². The van der Waals surface area contributed by atoms with Gasteiger partial charge in [-0.3, -0.25) is 4.79 Å². The second kappa shape index (κ2) is 5.62. The maximum absolute atomic E-state index is 11.3. The maximum atomic E-state index is 11.3. The van der Waals surface area contributed by atoms with Crippen molar-refractivity contribution in [1.29, 1.82) is 0 Å². The van der Waals surface area contributed by atoms with Crippen LogP contribution in [0.2, 0.25) is 0 Å². The van der Waals surface area contributed by atoms with Gasteiger partial charge in [-0.05, 0) is 42.2 Å². The Morgan fingerprint density at radius 1 is 1.36 bits per heavy atom. The molecule has 1 aliphatic rings. The summed E-state index contributed by atoms with van der Waals surface area (Å²) in [5, 5.41) is 4.22. The molecule has 1 heterocycles. The minimum Gasteiger partial charge on any atom is -0.358 e. The van der Waals surface area contributed by atoms with E-state index in [0.717, 1.165) is 6.42 Å². The SMILES string of the molecule is Cc1[nH]c2ccccc2c1[C@@H]1[C@@H](CCNC(=O)CCl)C1(C)C. The van der Waals surface area contributed by atoms with Gasteiger partial charge >= 0.3 is 0 Å². The summed E-state index contributed by atoms with van der Waals surface area (Å²) >= 11 is 5.52. The van der Waals surface area contributed by atoms with Gasteiger partial charge in [0.1, 0.15) is 5.88 Å². The van der Waals surface area contributed by atoms with Gasteiger partial charge in [-0.25, -0.2) is 0 Å². The maximum Gasteiger partial charge on any atom is 0.234 e. The quantitative estimate of drug-likeness (QED) is 0.805. The molecule has 3 rings (SSSR count). The summed E-state index contributed by atoms with van der Waals surface area (Å²) in [5.74, 6) is 1.11. The fraction of sp³-hybridized carbons (Fsp3) is 0.500. The third-order valence-corrected chi connectivity index (χ3v) is 5.45. The number of aromatic nitrogens is 1. The van der Waals surface area contributed by atoms with Gasteiger partial charge in [0.2, 0.25) is 5.91 Å². The number of carbonyl (C=O) groups is 1. The van der Waals surface area contributed by atoms with Crippen LogP contribution in [-0.2, 0) is 4.79 Å². The van der Waals surface area contributed by atoms with E-state index in [-0.39, 0.29) is 17.2 Å². The molecule has 2 atom stereocenters. The second-order valence-electron chi connectivity index (χ2n) is 6.89. The first-order valence-electron chi connectivity index (χ1n) is 7.86. The molecule has 3 nitrogen and oxygen atoms in total. The number of nitrogens with one attached hydrogen (secondary N) is 2. The number of fused-ring (bicyclic) bond motifs is 1. The standard InChI is InChI=1S/C18H23ClN2O/c1-11-16(12-6-4-5-7-14(12)21-11)17-13(18(17,2)3)8-9-20-15(22)10-19/h4-7,13,17,21H,8-10H2,1-3H3,(H,20,22)/t13-,17+/m1/s1. The summed E-state index contributed by atoms with van der Waals surface area (Å²) in [6, 6.07) is 8.51. The summed E-state index contributed by atoms with van der Waals surface area (Å²) < 4.78 is 0. The molecule has 22 heavy (non-hydrogen) atoms. The number of hydrogen-bond donors (Lipinski definition) is 2. The van der Waals surface area contributed by atoms with E-state index in [1.54, 1.807) is 0 Å². The minimum absolute atomic E-state index is 0.0407. The van der Waals surface area contributed by atoms with Crippen molar-refractivity contribution in [1.82, 2.24) is 10.3 Å². The predicted octanol–water partition coefficient (Wildman–Crippen LogP) is 3.96. The Balaban J connectivity index is 1.79. The molecule has 0 bridgehead atoms. The summed E-state index contributed by atoms with van der Waals surface area (Å²) in [7, 11) is 0. The van der Waals surface area contributed by atoms with E-state index in [0.29, 0.717) is 18.4 Å². The molecule has 1 aromatic carbocycles. The number of benzene rings is 1.